The van der Waals surface area contributed by atoms with E-state index in [-0.39, 0.29) is 18.3 Å². The number of carbonyl (C=O) groups is 1. The molecule has 6 nitrogen and oxygen atoms in total. The number of amides is 1. The number of aromatic nitrogens is 2. The van der Waals surface area contributed by atoms with Gasteiger partial charge >= 0.3 is 0 Å². The molecule has 3 rings (SSSR count). The molecular formula is C17H24ClN5O. The molecule has 1 aromatic carbocycles. The van der Waals surface area contributed by atoms with Crippen molar-refractivity contribution in [2.75, 3.05) is 39.3 Å². The Kier molecular flexibility index (Phi) is 6.78. The Labute approximate surface area is 148 Å². The number of nitrogens with one attached hydrogen (secondary N) is 2. The smallest absolute Gasteiger partial charge is 0.254 e. The summed E-state index contributed by atoms with van der Waals surface area (Å²) in [7, 11) is 0. The molecule has 0 atom stereocenters. The van der Waals surface area contributed by atoms with Crippen molar-refractivity contribution in [2.24, 2.45) is 0 Å². The van der Waals surface area contributed by atoms with Crippen molar-refractivity contribution < 1.29 is 4.79 Å². The minimum Gasteiger partial charge on any atom is -0.351 e. The van der Waals surface area contributed by atoms with E-state index in [4.69, 9.17) is 0 Å². The van der Waals surface area contributed by atoms with E-state index in [2.05, 4.69) is 20.6 Å². The molecule has 7 heteroatoms. The second-order valence-corrected chi connectivity index (χ2v) is 5.74. The van der Waals surface area contributed by atoms with Crippen LogP contribution in [-0.2, 0) is 0 Å². The molecule has 1 saturated heterocycles. The van der Waals surface area contributed by atoms with Gasteiger partial charge in [0.15, 0.2) is 0 Å². The molecule has 0 bridgehead atoms. The van der Waals surface area contributed by atoms with Crippen LogP contribution >= 0.6 is 12.4 Å². The number of hydrogen-bond acceptors (Lipinski definition) is 4. The van der Waals surface area contributed by atoms with Crippen molar-refractivity contribution in [3.8, 4) is 5.69 Å². The zero-order valence-electron chi connectivity index (χ0n) is 13.9. The van der Waals surface area contributed by atoms with Gasteiger partial charge in [-0.2, -0.15) is 5.10 Å². The molecule has 1 aliphatic rings. The third-order valence-corrected chi connectivity index (χ3v) is 4.18. The molecule has 0 radical (unpaired) electrons. The summed E-state index contributed by atoms with van der Waals surface area (Å²) >= 11 is 0. The van der Waals surface area contributed by atoms with Gasteiger partial charge in [-0.05, 0) is 19.1 Å². The first-order valence-corrected chi connectivity index (χ1v) is 8.07. The van der Waals surface area contributed by atoms with Crippen LogP contribution in [0.3, 0.4) is 0 Å². The molecule has 0 saturated carbocycles. The summed E-state index contributed by atoms with van der Waals surface area (Å²) < 4.78 is 1.80. The minimum absolute atomic E-state index is 0. The molecule has 0 unspecified atom stereocenters. The van der Waals surface area contributed by atoms with E-state index >= 15 is 0 Å². The maximum Gasteiger partial charge on any atom is 0.254 e. The molecule has 2 N–H and O–H groups in total. The maximum atomic E-state index is 12.4. The minimum atomic E-state index is -0.0557. The van der Waals surface area contributed by atoms with Crippen LogP contribution in [0.5, 0.6) is 0 Å². The summed E-state index contributed by atoms with van der Waals surface area (Å²) in [5.41, 5.74) is 2.45. The lowest BCUT2D eigenvalue weighted by Crippen LogP contribution is -2.46. The fourth-order valence-corrected chi connectivity index (χ4v) is 2.82. The number of rotatable bonds is 5. The lowest BCUT2D eigenvalue weighted by molar-refractivity contribution is 0.0946. The third kappa shape index (κ3) is 4.35. The van der Waals surface area contributed by atoms with Crippen molar-refractivity contribution in [3.05, 3.63) is 47.8 Å². The molecule has 1 fully saturated rings. The van der Waals surface area contributed by atoms with Crippen LogP contribution < -0.4 is 10.6 Å². The standard InChI is InChI=1S/C17H23N5O.ClH/c1-14-16(13-20-22(14)15-5-3-2-4-6-15)17(23)19-9-12-21-10-7-18-8-11-21;/h2-6,13,18H,7-12H2,1H3,(H,19,23);1H. The van der Waals surface area contributed by atoms with E-state index in [9.17, 15) is 4.79 Å². The lowest BCUT2D eigenvalue weighted by Gasteiger charge is -2.27. The Morgan fingerprint density at radius 3 is 2.67 bits per heavy atom. The second-order valence-electron chi connectivity index (χ2n) is 5.74. The quantitative estimate of drug-likeness (QED) is 0.852. The van der Waals surface area contributed by atoms with Crippen molar-refractivity contribution in [3.63, 3.8) is 0 Å². The van der Waals surface area contributed by atoms with E-state index in [1.54, 1.807) is 10.9 Å². The van der Waals surface area contributed by atoms with Crippen molar-refractivity contribution in [1.29, 1.82) is 0 Å². The number of hydrogen-bond donors (Lipinski definition) is 2. The van der Waals surface area contributed by atoms with E-state index < -0.39 is 0 Å². The zero-order chi connectivity index (χ0) is 16.1. The van der Waals surface area contributed by atoms with E-state index in [1.165, 1.54) is 0 Å². The van der Waals surface area contributed by atoms with Gasteiger partial charge in [0.1, 0.15) is 0 Å². The Balaban J connectivity index is 0.00000208. The van der Waals surface area contributed by atoms with Gasteiger partial charge in [-0.15, -0.1) is 12.4 Å². The van der Waals surface area contributed by atoms with E-state index in [0.717, 1.165) is 44.1 Å². The highest BCUT2D eigenvalue weighted by atomic mass is 35.5. The molecule has 1 aliphatic heterocycles. The normalized spacial score (nSPS) is 14.9. The molecule has 2 heterocycles. The number of para-hydroxylation sites is 1. The Morgan fingerprint density at radius 1 is 1.25 bits per heavy atom. The van der Waals surface area contributed by atoms with Crippen molar-refractivity contribution in [2.45, 2.75) is 6.92 Å². The van der Waals surface area contributed by atoms with Gasteiger partial charge < -0.3 is 10.6 Å². The van der Waals surface area contributed by atoms with Crippen molar-refractivity contribution in [1.82, 2.24) is 25.3 Å². The second kappa shape index (κ2) is 8.82. The van der Waals surface area contributed by atoms with Crippen LogP contribution in [0.1, 0.15) is 16.1 Å². The predicted octanol–water partition coefficient (Wildman–Crippen LogP) is 1.24. The van der Waals surface area contributed by atoms with Crippen LogP contribution in [0.25, 0.3) is 5.69 Å². The van der Waals surface area contributed by atoms with Gasteiger partial charge in [0.25, 0.3) is 5.91 Å². The zero-order valence-corrected chi connectivity index (χ0v) is 14.7. The SMILES string of the molecule is Cc1c(C(=O)NCCN2CCNCC2)cnn1-c1ccccc1.Cl. The van der Waals surface area contributed by atoms with Gasteiger partial charge in [0.05, 0.1) is 23.1 Å². The summed E-state index contributed by atoms with van der Waals surface area (Å²) in [6, 6.07) is 9.84. The molecule has 1 amide bonds. The van der Waals surface area contributed by atoms with Crippen LogP contribution in [0, 0.1) is 6.92 Å². The maximum absolute atomic E-state index is 12.4. The van der Waals surface area contributed by atoms with Crippen LogP contribution in [-0.4, -0.2) is 59.9 Å². The highest BCUT2D eigenvalue weighted by Gasteiger charge is 2.15. The van der Waals surface area contributed by atoms with Gasteiger partial charge in [-0.1, -0.05) is 18.2 Å². The third-order valence-electron chi connectivity index (χ3n) is 4.18. The van der Waals surface area contributed by atoms with E-state index in [0.29, 0.717) is 12.1 Å². The number of carbonyl (C=O) groups excluding carboxylic acids is 1. The number of benzene rings is 1. The van der Waals surface area contributed by atoms with Gasteiger partial charge in [0.2, 0.25) is 0 Å². The van der Waals surface area contributed by atoms with Crippen LogP contribution in [0.2, 0.25) is 0 Å². The Morgan fingerprint density at radius 2 is 1.96 bits per heavy atom. The summed E-state index contributed by atoms with van der Waals surface area (Å²) in [4.78, 5) is 14.7. The summed E-state index contributed by atoms with van der Waals surface area (Å²) in [5, 5.41) is 10.7. The summed E-state index contributed by atoms with van der Waals surface area (Å²) in [5.74, 6) is -0.0557. The monoisotopic (exact) mass is 349 g/mol. The molecule has 0 aliphatic carbocycles. The van der Waals surface area contributed by atoms with Gasteiger partial charge in [-0.3, -0.25) is 9.69 Å². The average Bonchev–Trinajstić information content (AvgIpc) is 2.98. The molecular weight excluding hydrogens is 326 g/mol. The summed E-state index contributed by atoms with van der Waals surface area (Å²) in [6.45, 7) is 7.61. The molecule has 2 aromatic rings. The molecule has 24 heavy (non-hydrogen) atoms. The first-order valence-electron chi connectivity index (χ1n) is 8.07. The fraction of sp³-hybridized carbons (Fsp3) is 0.412. The molecule has 0 spiro atoms. The molecule has 1 aromatic heterocycles. The van der Waals surface area contributed by atoms with Gasteiger partial charge in [0, 0.05) is 39.3 Å². The average molecular weight is 350 g/mol. The Hall–Kier alpha value is -1.89. The highest BCUT2D eigenvalue weighted by molar-refractivity contribution is 5.95. The fourth-order valence-electron chi connectivity index (χ4n) is 2.82. The van der Waals surface area contributed by atoms with Crippen LogP contribution in [0.15, 0.2) is 36.5 Å². The summed E-state index contributed by atoms with van der Waals surface area (Å²) in [6.07, 6.45) is 1.64. The first kappa shape index (κ1) is 18.4. The first-order chi connectivity index (χ1) is 11.3. The van der Waals surface area contributed by atoms with Crippen LogP contribution in [0.4, 0.5) is 0 Å². The van der Waals surface area contributed by atoms with Gasteiger partial charge in [-0.25, -0.2) is 4.68 Å². The largest absolute Gasteiger partial charge is 0.351 e. The lowest BCUT2D eigenvalue weighted by atomic mass is 10.2. The van der Waals surface area contributed by atoms with E-state index in [1.807, 2.05) is 37.3 Å². The van der Waals surface area contributed by atoms with Crippen molar-refractivity contribution >= 4 is 18.3 Å². The highest BCUT2D eigenvalue weighted by Crippen LogP contribution is 2.13. The Bertz CT molecular complexity index is 652. The number of halogens is 1. The number of nitrogens with zero attached hydrogens (tertiary/aromatic N) is 3. The topological polar surface area (TPSA) is 62.2 Å². The molecule has 130 valence electrons. The number of piperazine rings is 1. The predicted molar refractivity (Wildman–Crippen MR) is 97.2 cm³/mol.